The van der Waals surface area contributed by atoms with E-state index in [4.69, 9.17) is 18.0 Å². The van der Waals surface area contributed by atoms with Crippen molar-refractivity contribution in [3.8, 4) is 0 Å². The zero-order valence-corrected chi connectivity index (χ0v) is 21.8. The number of hydrogen-bond acceptors (Lipinski definition) is 2. The van der Waals surface area contributed by atoms with Crippen molar-refractivity contribution in [3.63, 3.8) is 0 Å². The van der Waals surface area contributed by atoms with E-state index in [2.05, 4.69) is 126 Å². The van der Waals surface area contributed by atoms with Crippen molar-refractivity contribution in [1.82, 2.24) is 5.32 Å². The molecule has 0 unspecified atom stereocenters. The Labute approximate surface area is 225 Å². The lowest BCUT2D eigenvalue weighted by atomic mass is 9.86. The molecule has 37 heavy (non-hydrogen) atoms. The lowest BCUT2D eigenvalue weighted by Gasteiger charge is -2.30. The minimum absolute atomic E-state index is 0.156. The normalized spacial score (nSPS) is 17.0. The summed E-state index contributed by atoms with van der Waals surface area (Å²) in [4.78, 5) is 0. The number of nitrogens with one attached hydrogen (secondary N) is 2. The fraction of sp³-hybridized carbons (Fsp3) is 0.182. The first-order valence-electron chi connectivity index (χ1n) is 13.0. The molecule has 1 saturated carbocycles. The highest BCUT2D eigenvalue weighted by atomic mass is 32.1. The molecule has 1 fully saturated rings. The Morgan fingerprint density at radius 2 is 1.03 bits per heavy atom. The zero-order chi connectivity index (χ0) is 25.5. The fourth-order valence-corrected chi connectivity index (χ4v) is 5.39. The van der Waals surface area contributed by atoms with Crippen LogP contribution in [0, 0.1) is 0 Å². The highest BCUT2D eigenvalue weighted by Gasteiger charge is 2.22. The summed E-state index contributed by atoms with van der Waals surface area (Å²) in [6.07, 6.45) is 4.51. The maximum absolute atomic E-state index is 6.30. The van der Waals surface area contributed by atoms with E-state index >= 15 is 0 Å². The van der Waals surface area contributed by atoms with Gasteiger partial charge in [0.25, 0.3) is 0 Å². The summed E-state index contributed by atoms with van der Waals surface area (Å²) in [5.41, 5.74) is 14.3. The Balaban J connectivity index is 1.51. The molecule has 2 atom stereocenters. The molecule has 4 heteroatoms. The van der Waals surface area contributed by atoms with Gasteiger partial charge in [0.05, 0.1) is 0 Å². The Hall–Kier alpha value is -3.73. The van der Waals surface area contributed by atoms with Gasteiger partial charge in [-0.2, -0.15) is 0 Å². The lowest BCUT2D eigenvalue weighted by Crippen LogP contribution is -2.50. The molecule has 1 aliphatic carbocycles. The SMILES string of the molecule is N[C@@H]1CCCC[C@H]1NC(=S)Nc1ccc(C(=C(c2ccccc2)c2ccccc2)c2ccccc2)cc1. The Bertz CT molecular complexity index is 1290. The number of benzene rings is 4. The van der Waals surface area contributed by atoms with Crippen molar-refractivity contribution in [2.75, 3.05) is 5.32 Å². The molecule has 0 aliphatic heterocycles. The third kappa shape index (κ3) is 6.16. The van der Waals surface area contributed by atoms with Crippen LogP contribution < -0.4 is 16.4 Å². The summed E-state index contributed by atoms with van der Waals surface area (Å²) >= 11 is 5.61. The van der Waals surface area contributed by atoms with E-state index in [1.807, 2.05) is 0 Å². The van der Waals surface area contributed by atoms with E-state index in [0.717, 1.165) is 24.1 Å². The van der Waals surface area contributed by atoms with Gasteiger partial charge in [0.15, 0.2) is 5.11 Å². The number of nitrogens with two attached hydrogens (primary N) is 1. The topological polar surface area (TPSA) is 50.1 Å². The first-order valence-corrected chi connectivity index (χ1v) is 13.4. The van der Waals surface area contributed by atoms with E-state index in [1.54, 1.807) is 0 Å². The van der Waals surface area contributed by atoms with E-state index in [-0.39, 0.29) is 12.1 Å². The van der Waals surface area contributed by atoms with Gasteiger partial charge in [-0.05, 0) is 70.6 Å². The summed E-state index contributed by atoms with van der Waals surface area (Å²) in [6, 6.07) is 40.8. The fourth-order valence-electron chi connectivity index (χ4n) is 5.12. The minimum Gasteiger partial charge on any atom is -0.358 e. The Kier molecular flexibility index (Phi) is 8.09. The molecule has 0 aromatic heterocycles. The number of rotatable bonds is 6. The predicted molar refractivity (Wildman–Crippen MR) is 160 cm³/mol. The molecule has 5 rings (SSSR count). The standard InChI is InChI=1S/C33H33N3S/c34-29-18-10-11-19-30(29)36-33(37)35-28-22-20-27(21-23-28)32(26-16-8-3-9-17-26)31(24-12-4-1-5-13-24)25-14-6-2-7-15-25/h1-9,12-17,20-23,29-30H,10-11,18-19,34H2,(H2,35,36,37)/t29-,30-/m1/s1. The number of thiocarbonyl (C=S) groups is 1. The van der Waals surface area contributed by atoms with Crippen molar-refractivity contribution in [3.05, 3.63) is 138 Å². The monoisotopic (exact) mass is 503 g/mol. The van der Waals surface area contributed by atoms with Gasteiger partial charge in [-0.25, -0.2) is 0 Å². The second-order valence-electron chi connectivity index (χ2n) is 9.58. The summed E-state index contributed by atoms with van der Waals surface area (Å²) in [6.45, 7) is 0. The predicted octanol–water partition coefficient (Wildman–Crippen LogP) is 7.25. The second-order valence-corrected chi connectivity index (χ2v) is 9.99. The van der Waals surface area contributed by atoms with E-state index in [0.29, 0.717) is 5.11 Å². The van der Waals surface area contributed by atoms with Crippen molar-refractivity contribution >= 4 is 34.2 Å². The van der Waals surface area contributed by atoms with Crippen molar-refractivity contribution in [1.29, 1.82) is 0 Å². The summed E-state index contributed by atoms with van der Waals surface area (Å²) in [7, 11) is 0. The maximum Gasteiger partial charge on any atom is 0.171 e. The third-order valence-corrected chi connectivity index (χ3v) is 7.22. The van der Waals surface area contributed by atoms with Crippen LogP contribution >= 0.6 is 12.2 Å². The van der Waals surface area contributed by atoms with Crippen LogP contribution in [0.1, 0.15) is 47.9 Å². The first-order chi connectivity index (χ1) is 18.2. The zero-order valence-electron chi connectivity index (χ0n) is 20.9. The number of hydrogen-bond donors (Lipinski definition) is 3. The molecule has 0 radical (unpaired) electrons. The van der Waals surface area contributed by atoms with E-state index in [1.165, 1.54) is 40.7 Å². The van der Waals surface area contributed by atoms with Crippen molar-refractivity contribution < 1.29 is 0 Å². The van der Waals surface area contributed by atoms with Crippen LogP contribution in [0.25, 0.3) is 11.1 Å². The Morgan fingerprint density at radius 3 is 1.49 bits per heavy atom. The molecule has 4 aromatic rings. The molecular formula is C33H33N3S. The molecule has 186 valence electrons. The molecule has 0 saturated heterocycles. The largest absolute Gasteiger partial charge is 0.358 e. The van der Waals surface area contributed by atoms with Crippen molar-refractivity contribution in [2.45, 2.75) is 37.8 Å². The van der Waals surface area contributed by atoms with Crippen LogP contribution in [0.4, 0.5) is 5.69 Å². The minimum atomic E-state index is 0.156. The lowest BCUT2D eigenvalue weighted by molar-refractivity contribution is 0.361. The first kappa shape index (κ1) is 24.9. The third-order valence-electron chi connectivity index (χ3n) is 7.00. The van der Waals surface area contributed by atoms with Crippen LogP contribution in [0.2, 0.25) is 0 Å². The van der Waals surface area contributed by atoms with E-state index in [9.17, 15) is 0 Å². The Morgan fingerprint density at radius 1 is 0.595 bits per heavy atom. The molecular weight excluding hydrogens is 470 g/mol. The summed E-state index contributed by atoms with van der Waals surface area (Å²) in [5, 5.41) is 7.41. The van der Waals surface area contributed by atoms with Gasteiger partial charge >= 0.3 is 0 Å². The van der Waals surface area contributed by atoms with E-state index < -0.39 is 0 Å². The molecule has 0 bridgehead atoms. The summed E-state index contributed by atoms with van der Waals surface area (Å²) in [5.74, 6) is 0. The molecule has 1 aliphatic rings. The quantitative estimate of drug-likeness (QED) is 0.192. The molecule has 0 spiro atoms. The van der Waals surface area contributed by atoms with Crippen LogP contribution in [0.5, 0.6) is 0 Å². The van der Waals surface area contributed by atoms with Gasteiger partial charge in [0.1, 0.15) is 0 Å². The average molecular weight is 504 g/mol. The van der Waals surface area contributed by atoms with Crippen LogP contribution in [-0.4, -0.2) is 17.2 Å². The van der Waals surface area contributed by atoms with Crippen LogP contribution in [-0.2, 0) is 0 Å². The summed E-state index contributed by atoms with van der Waals surface area (Å²) < 4.78 is 0. The van der Waals surface area contributed by atoms with Gasteiger partial charge in [-0.3, -0.25) is 0 Å². The average Bonchev–Trinajstić information content (AvgIpc) is 2.95. The maximum atomic E-state index is 6.30. The smallest absolute Gasteiger partial charge is 0.171 e. The van der Waals surface area contributed by atoms with Gasteiger partial charge in [0, 0.05) is 17.8 Å². The second kappa shape index (κ2) is 12.0. The molecule has 0 heterocycles. The van der Waals surface area contributed by atoms with Crippen molar-refractivity contribution in [2.24, 2.45) is 5.73 Å². The van der Waals surface area contributed by atoms with Gasteiger partial charge < -0.3 is 16.4 Å². The van der Waals surface area contributed by atoms with Gasteiger partial charge in [-0.1, -0.05) is 116 Å². The molecule has 3 nitrogen and oxygen atoms in total. The molecule has 4 N–H and O–H groups in total. The van der Waals surface area contributed by atoms with Crippen LogP contribution in [0.3, 0.4) is 0 Å². The number of anilines is 1. The highest BCUT2D eigenvalue weighted by Crippen LogP contribution is 2.37. The van der Waals surface area contributed by atoms with Crippen LogP contribution in [0.15, 0.2) is 115 Å². The van der Waals surface area contributed by atoms with Gasteiger partial charge in [-0.15, -0.1) is 0 Å². The highest BCUT2D eigenvalue weighted by molar-refractivity contribution is 7.80. The molecule has 0 amide bonds. The van der Waals surface area contributed by atoms with Gasteiger partial charge in [0.2, 0.25) is 0 Å². The molecule has 4 aromatic carbocycles.